The number of aryl methyl sites for hydroxylation is 1. The number of nitrogens with two attached hydrogens (primary N) is 1. The van der Waals surface area contributed by atoms with Crippen LogP contribution in [-0.4, -0.2) is 77.1 Å². The third-order valence-corrected chi connectivity index (χ3v) is 8.50. The molecule has 0 bridgehead atoms. The maximum Gasteiger partial charge on any atom is 0.254 e. The van der Waals surface area contributed by atoms with Crippen molar-refractivity contribution in [1.82, 2.24) is 19.4 Å². The molecule has 8 heteroatoms. The summed E-state index contributed by atoms with van der Waals surface area (Å²) in [6.45, 7) is 3.57. The van der Waals surface area contributed by atoms with Crippen LogP contribution in [-0.2, 0) is 16.1 Å². The van der Waals surface area contributed by atoms with E-state index in [4.69, 9.17) is 15.5 Å². The number of hydrogen-bond donors (Lipinski definition) is 1. The first kappa shape index (κ1) is 26.5. The van der Waals surface area contributed by atoms with Gasteiger partial charge in [-0.3, -0.25) is 9.59 Å². The number of methoxy groups -OCH3 is 1. The molecule has 2 aliphatic rings. The number of nitrogens with zero attached hydrogens (tertiary/aromatic N) is 4. The minimum atomic E-state index is -0.404. The van der Waals surface area contributed by atoms with Gasteiger partial charge < -0.3 is 24.8 Å². The first-order valence-corrected chi connectivity index (χ1v) is 14.3. The third-order valence-electron chi connectivity index (χ3n) is 8.50. The second-order valence-corrected chi connectivity index (χ2v) is 11.1. The van der Waals surface area contributed by atoms with Crippen LogP contribution in [0.25, 0.3) is 21.8 Å². The molecule has 4 aromatic rings. The number of rotatable bonds is 7. The van der Waals surface area contributed by atoms with Crippen molar-refractivity contribution < 1.29 is 14.3 Å². The molecule has 2 saturated heterocycles. The second kappa shape index (κ2) is 11.4. The normalized spacial score (nSPS) is 21.4. The van der Waals surface area contributed by atoms with E-state index in [0.717, 1.165) is 53.4 Å². The molecule has 1 unspecified atom stereocenters. The molecule has 2 fully saturated rings. The lowest BCUT2D eigenvalue weighted by Gasteiger charge is -2.35. The lowest BCUT2D eigenvalue weighted by molar-refractivity contribution is -0.136. The largest absolute Gasteiger partial charge is 0.385 e. The summed E-state index contributed by atoms with van der Waals surface area (Å²) in [7, 11) is 1.72. The van der Waals surface area contributed by atoms with E-state index in [1.165, 1.54) is 0 Å². The van der Waals surface area contributed by atoms with E-state index >= 15 is 0 Å². The van der Waals surface area contributed by atoms with E-state index in [-0.39, 0.29) is 23.8 Å². The van der Waals surface area contributed by atoms with Gasteiger partial charge in [-0.05, 0) is 48.2 Å². The molecule has 0 spiro atoms. The Labute approximate surface area is 234 Å². The Morgan fingerprint density at radius 1 is 0.975 bits per heavy atom. The van der Waals surface area contributed by atoms with Crippen LogP contribution in [0.3, 0.4) is 0 Å². The first-order valence-electron chi connectivity index (χ1n) is 14.3. The lowest BCUT2D eigenvalue weighted by Crippen LogP contribution is -2.47. The number of imidazole rings is 1. The Morgan fingerprint density at radius 3 is 2.65 bits per heavy atom. The van der Waals surface area contributed by atoms with Gasteiger partial charge in [-0.25, -0.2) is 4.98 Å². The summed E-state index contributed by atoms with van der Waals surface area (Å²) >= 11 is 0. The van der Waals surface area contributed by atoms with E-state index in [2.05, 4.69) is 16.7 Å². The molecule has 0 saturated carbocycles. The fourth-order valence-corrected chi connectivity index (χ4v) is 6.47. The molecular formula is C32H37N5O3. The molecule has 8 nitrogen and oxygen atoms in total. The Hall–Kier alpha value is -3.75. The summed E-state index contributed by atoms with van der Waals surface area (Å²) < 4.78 is 7.61. The molecule has 40 heavy (non-hydrogen) atoms. The number of hydrogen-bond acceptors (Lipinski definition) is 5. The first-order chi connectivity index (χ1) is 19.5. The number of carbonyl (C=O) groups excluding carboxylic acids is 2. The fraction of sp³-hybridized carbons (Fsp3) is 0.406. The summed E-state index contributed by atoms with van der Waals surface area (Å²) in [6.07, 6.45) is 2.80. The van der Waals surface area contributed by atoms with E-state index < -0.39 is 5.92 Å². The van der Waals surface area contributed by atoms with E-state index in [1.807, 2.05) is 59.5 Å². The monoisotopic (exact) mass is 539 g/mol. The summed E-state index contributed by atoms with van der Waals surface area (Å²) in [6, 6.07) is 21.5. The number of amides is 2. The Bertz CT molecular complexity index is 1530. The van der Waals surface area contributed by atoms with Gasteiger partial charge in [0.25, 0.3) is 5.91 Å². The molecule has 1 aromatic heterocycles. The van der Waals surface area contributed by atoms with E-state index in [1.54, 1.807) is 12.0 Å². The fourth-order valence-electron chi connectivity index (χ4n) is 6.47. The quantitative estimate of drug-likeness (QED) is 0.358. The molecule has 3 heterocycles. The van der Waals surface area contributed by atoms with Crippen LogP contribution in [0.15, 0.2) is 66.7 Å². The van der Waals surface area contributed by atoms with Gasteiger partial charge in [0.15, 0.2) is 0 Å². The molecule has 2 N–H and O–H groups in total. The van der Waals surface area contributed by atoms with Crippen LogP contribution in [0.5, 0.6) is 0 Å². The number of likely N-dealkylation sites (tertiary alicyclic amines) is 2. The molecule has 208 valence electrons. The van der Waals surface area contributed by atoms with Gasteiger partial charge in [0, 0.05) is 64.0 Å². The molecule has 3 atom stereocenters. The maximum absolute atomic E-state index is 13.8. The van der Waals surface area contributed by atoms with Gasteiger partial charge in [-0.1, -0.05) is 48.5 Å². The second-order valence-electron chi connectivity index (χ2n) is 11.1. The van der Waals surface area contributed by atoms with Gasteiger partial charge in [0.2, 0.25) is 5.91 Å². The predicted molar refractivity (Wildman–Crippen MR) is 156 cm³/mol. The number of aromatic nitrogens is 2. The number of piperidine rings is 1. The third kappa shape index (κ3) is 4.97. The van der Waals surface area contributed by atoms with Crippen LogP contribution in [0.4, 0.5) is 0 Å². The molecular weight excluding hydrogens is 502 g/mol. The maximum atomic E-state index is 13.8. The van der Waals surface area contributed by atoms with Crippen LogP contribution >= 0.6 is 0 Å². The highest BCUT2D eigenvalue weighted by molar-refractivity contribution is 6.07. The number of fused-ring (bicyclic) bond motifs is 2. The van der Waals surface area contributed by atoms with Crippen LogP contribution in [0.2, 0.25) is 0 Å². The smallest absolute Gasteiger partial charge is 0.254 e. The Balaban J connectivity index is 1.18. The topological polar surface area (TPSA) is 93.7 Å². The van der Waals surface area contributed by atoms with Gasteiger partial charge in [-0.2, -0.15) is 0 Å². The zero-order valence-corrected chi connectivity index (χ0v) is 23.0. The number of carbonyl (C=O) groups is 2. The SMILES string of the molecule is COCCCn1c(C2CCCN(C(=O)[C@@H]3CN(C(=O)c4cccc5ccccc45)C[C@H]3N)C2)nc2ccccc21. The number of para-hydroxylation sites is 2. The summed E-state index contributed by atoms with van der Waals surface area (Å²) in [5.41, 5.74) is 9.29. The van der Waals surface area contributed by atoms with Crippen LogP contribution in [0, 0.1) is 5.92 Å². The number of ether oxygens (including phenoxy) is 1. The average molecular weight is 540 g/mol. The zero-order chi connectivity index (χ0) is 27.6. The molecule has 0 radical (unpaired) electrons. The Morgan fingerprint density at radius 2 is 1.77 bits per heavy atom. The van der Waals surface area contributed by atoms with Gasteiger partial charge in [0.1, 0.15) is 5.82 Å². The van der Waals surface area contributed by atoms with Crippen molar-refractivity contribution in [2.45, 2.75) is 37.8 Å². The average Bonchev–Trinajstić information content (AvgIpc) is 3.57. The van der Waals surface area contributed by atoms with Crippen molar-refractivity contribution in [3.63, 3.8) is 0 Å². The predicted octanol–water partition coefficient (Wildman–Crippen LogP) is 4.03. The van der Waals surface area contributed by atoms with Crippen LogP contribution < -0.4 is 5.73 Å². The molecule has 0 aliphatic carbocycles. The van der Waals surface area contributed by atoms with Crippen molar-refractivity contribution in [3.05, 3.63) is 78.1 Å². The van der Waals surface area contributed by atoms with E-state index in [0.29, 0.717) is 38.3 Å². The molecule has 2 aliphatic heterocycles. The van der Waals surface area contributed by atoms with Gasteiger partial charge >= 0.3 is 0 Å². The van der Waals surface area contributed by atoms with Crippen molar-refractivity contribution >= 4 is 33.6 Å². The highest BCUT2D eigenvalue weighted by Gasteiger charge is 2.41. The molecule has 2 amide bonds. The van der Waals surface area contributed by atoms with Crippen molar-refractivity contribution in [3.8, 4) is 0 Å². The van der Waals surface area contributed by atoms with Crippen molar-refractivity contribution in [2.24, 2.45) is 11.7 Å². The zero-order valence-electron chi connectivity index (χ0n) is 23.0. The minimum Gasteiger partial charge on any atom is -0.385 e. The minimum absolute atomic E-state index is 0.0486. The summed E-state index contributed by atoms with van der Waals surface area (Å²) in [5.74, 6) is 0.770. The summed E-state index contributed by atoms with van der Waals surface area (Å²) in [4.78, 5) is 36.1. The number of benzene rings is 3. The van der Waals surface area contributed by atoms with Gasteiger partial charge in [-0.15, -0.1) is 0 Å². The highest BCUT2D eigenvalue weighted by atomic mass is 16.5. The lowest BCUT2D eigenvalue weighted by atomic mass is 9.94. The summed E-state index contributed by atoms with van der Waals surface area (Å²) in [5, 5.41) is 1.95. The van der Waals surface area contributed by atoms with Crippen molar-refractivity contribution in [2.75, 3.05) is 39.9 Å². The van der Waals surface area contributed by atoms with E-state index in [9.17, 15) is 9.59 Å². The standard InChI is InChI=1S/C32H37N5O3/c1-40-18-8-17-37-29-15-5-4-14-28(29)34-30(37)23-11-7-16-35(19-23)32(39)26-20-36(21-27(26)33)31(38)25-13-6-10-22-9-2-3-12-24(22)25/h2-6,9-10,12-15,23,26-27H,7-8,11,16-21,33H2,1H3/t23?,26-,27-/m1/s1. The van der Waals surface area contributed by atoms with Crippen LogP contribution in [0.1, 0.15) is 41.4 Å². The van der Waals surface area contributed by atoms with Crippen molar-refractivity contribution in [1.29, 1.82) is 0 Å². The molecule has 6 rings (SSSR count). The molecule has 3 aromatic carbocycles. The Kier molecular flexibility index (Phi) is 7.54. The van der Waals surface area contributed by atoms with Gasteiger partial charge in [0.05, 0.1) is 17.0 Å². The highest BCUT2D eigenvalue weighted by Crippen LogP contribution is 2.32.